The Labute approximate surface area is 105 Å². The lowest BCUT2D eigenvalue weighted by atomic mass is 10.1. The van der Waals surface area contributed by atoms with Gasteiger partial charge in [-0.2, -0.15) is 5.26 Å². The Morgan fingerprint density at radius 1 is 1.12 bits per heavy atom. The molecule has 0 saturated heterocycles. The highest BCUT2D eigenvalue weighted by atomic mass is 32.2. The molecule has 0 radical (unpaired) electrons. The number of nitrogens with two attached hydrogens (primary N) is 1. The first kappa shape index (κ1) is 11.6. The molecule has 0 aliphatic heterocycles. The lowest BCUT2D eigenvalue weighted by molar-refractivity contribution is 1.37. The van der Waals surface area contributed by atoms with Crippen molar-refractivity contribution >= 4 is 17.4 Å². The zero-order chi connectivity index (χ0) is 12.1. The minimum atomic E-state index is 0.655. The van der Waals surface area contributed by atoms with Gasteiger partial charge in [-0.3, -0.25) is 0 Å². The topological polar surface area (TPSA) is 49.8 Å². The van der Waals surface area contributed by atoms with Crippen LogP contribution in [-0.4, -0.2) is 0 Å². The number of anilines is 1. The van der Waals surface area contributed by atoms with E-state index in [1.165, 1.54) is 4.90 Å². The average molecular weight is 240 g/mol. The Bertz CT molecular complexity index is 544. The van der Waals surface area contributed by atoms with Gasteiger partial charge < -0.3 is 5.73 Å². The standard InChI is InChI=1S/C14H12N2S/c15-9-11-6-7-14(16)12(8-11)10-17-13-4-2-1-3-5-13/h1-8H,10,16H2. The molecule has 2 N–H and O–H groups in total. The van der Waals surface area contributed by atoms with Gasteiger partial charge in [0.05, 0.1) is 11.6 Å². The third kappa shape index (κ3) is 3.02. The number of nitriles is 1. The molecule has 0 amide bonds. The second kappa shape index (κ2) is 5.42. The first-order valence-corrected chi connectivity index (χ1v) is 6.24. The Hall–Kier alpha value is -1.92. The summed E-state index contributed by atoms with van der Waals surface area (Å²) in [4.78, 5) is 1.20. The van der Waals surface area contributed by atoms with E-state index >= 15 is 0 Å². The van der Waals surface area contributed by atoms with Gasteiger partial charge in [-0.05, 0) is 35.9 Å². The monoisotopic (exact) mass is 240 g/mol. The second-order valence-corrected chi connectivity index (χ2v) is 4.68. The van der Waals surface area contributed by atoms with E-state index in [1.807, 2.05) is 24.3 Å². The SMILES string of the molecule is N#Cc1ccc(N)c(CSc2ccccc2)c1. The van der Waals surface area contributed by atoms with E-state index in [0.717, 1.165) is 17.0 Å². The highest BCUT2D eigenvalue weighted by Crippen LogP contribution is 2.25. The summed E-state index contributed by atoms with van der Waals surface area (Å²) in [7, 11) is 0. The Morgan fingerprint density at radius 2 is 1.88 bits per heavy atom. The van der Waals surface area contributed by atoms with E-state index in [2.05, 4.69) is 18.2 Å². The van der Waals surface area contributed by atoms with Crippen molar-refractivity contribution in [2.24, 2.45) is 0 Å². The smallest absolute Gasteiger partial charge is 0.0991 e. The minimum absolute atomic E-state index is 0.655. The lowest BCUT2D eigenvalue weighted by Gasteiger charge is -2.05. The molecule has 2 rings (SSSR count). The van der Waals surface area contributed by atoms with E-state index in [1.54, 1.807) is 23.9 Å². The van der Waals surface area contributed by atoms with Crippen molar-refractivity contribution in [3.8, 4) is 6.07 Å². The molecular formula is C14H12N2S. The first-order valence-electron chi connectivity index (χ1n) is 5.26. The zero-order valence-electron chi connectivity index (χ0n) is 9.26. The van der Waals surface area contributed by atoms with Crippen LogP contribution in [0.1, 0.15) is 11.1 Å². The summed E-state index contributed by atoms with van der Waals surface area (Å²) in [6, 6.07) is 17.7. The second-order valence-electron chi connectivity index (χ2n) is 3.63. The van der Waals surface area contributed by atoms with Gasteiger partial charge in [0.1, 0.15) is 0 Å². The molecule has 2 aromatic rings. The van der Waals surface area contributed by atoms with E-state index < -0.39 is 0 Å². The highest BCUT2D eigenvalue weighted by Gasteiger charge is 2.02. The van der Waals surface area contributed by atoms with E-state index in [-0.39, 0.29) is 0 Å². The Morgan fingerprint density at radius 3 is 2.59 bits per heavy atom. The number of hydrogen-bond acceptors (Lipinski definition) is 3. The predicted octanol–water partition coefficient (Wildman–Crippen LogP) is 3.43. The van der Waals surface area contributed by atoms with E-state index in [0.29, 0.717) is 5.56 Å². The Kier molecular flexibility index (Phi) is 3.69. The van der Waals surface area contributed by atoms with Crippen molar-refractivity contribution in [1.82, 2.24) is 0 Å². The molecule has 0 aliphatic carbocycles. The molecule has 0 bridgehead atoms. The van der Waals surface area contributed by atoms with E-state index in [9.17, 15) is 0 Å². The third-order valence-corrected chi connectivity index (χ3v) is 3.47. The van der Waals surface area contributed by atoms with Crippen LogP contribution in [0.15, 0.2) is 53.4 Å². The van der Waals surface area contributed by atoms with Crippen molar-refractivity contribution in [3.05, 3.63) is 59.7 Å². The van der Waals surface area contributed by atoms with Gasteiger partial charge in [0.15, 0.2) is 0 Å². The van der Waals surface area contributed by atoms with Crippen LogP contribution in [0.4, 0.5) is 5.69 Å². The summed E-state index contributed by atoms with van der Waals surface area (Å²) in [6.45, 7) is 0. The molecule has 0 spiro atoms. The largest absolute Gasteiger partial charge is 0.398 e. The maximum absolute atomic E-state index is 8.84. The predicted molar refractivity (Wildman–Crippen MR) is 71.6 cm³/mol. The van der Waals surface area contributed by atoms with Crippen LogP contribution in [0.3, 0.4) is 0 Å². The van der Waals surface area contributed by atoms with Gasteiger partial charge >= 0.3 is 0 Å². The lowest BCUT2D eigenvalue weighted by Crippen LogP contribution is -1.93. The minimum Gasteiger partial charge on any atom is -0.398 e. The van der Waals surface area contributed by atoms with Crippen LogP contribution in [-0.2, 0) is 5.75 Å². The number of nitrogen functional groups attached to an aromatic ring is 1. The van der Waals surface area contributed by atoms with E-state index in [4.69, 9.17) is 11.0 Å². The van der Waals surface area contributed by atoms with Crippen molar-refractivity contribution in [2.45, 2.75) is 10.6 Å². The molecule has 0 aliphatic rings. The normalized spacial score (nSPS) is 9.82. The maximum atomic E-state index is 8.84. The maximum Gasteiger partial charge on any atom is 0.0991 e. The molecule has 84 valence electrons. The highest BCUT2D eigenvalue weighted by molar-refractivity contribution is 7.98. The number of nitrogens with zero attached hydrogens (tertiary/aromatic N) is 1. The van der Waals surface area contributed by atoms with Crippen molar-refractivity contribution in [1.29, 1.82) is 5.26 Å². The Balaban J connectivity index is 2.12. The summed E-state index contributed by atoms with van der Waals surface area (Å²) in [5.74, 6) is 0.783. The van der Waals surface area contributed by atoms with Crippen LogP contribution in [0.5, 0.6) is 0 Å². The zero-order valence-corrected chi connectivity index (χ0v) is 10.1. The number of rotatable bonds is 3. The van der Waals surface area contributed by atoms with Crippen molar-refractivity contribution in [2.75, 3.05) is 5.73 Å². The van der Waals surface area contributed by atoms with Gasteiger partial charge in [-0.1, -0.05) is 18.2 Å². The quantitative estimate of drug-likeness (QED) is 0.660. The number of hydrogen-bond donors (Lipinski definition) is 1. The molecule has 3 heteroatoms. The van der Waals surface area contributed by atoms with Crippen LogP contribution < -0.4 is 5.73 Å². The average Bonchev–Trinajstić information content (AvgIpc) is 2.39. The summed E-state index contributed by atoms with van der Waals surface area (Å²) >= 11 is 1.72. The molecular weight excluding hydrogens is 228 g/mol. The number of thioether (sulfide) groups is 1. The molecule has 0 saturated carbocycles. The van der Waals surface area contributed by atoms with Gasteiger partial charge in [0, 0.05) is 16.3 Å². The summed E-state index contributed by atoms with van der Waals surface area (Å²) in [6.07, 6.45) is 0. The molecule has 2 aromatic carbocycles. The molecule has 17 heavy (non-hydrogen) atoms. The van der Waals surface area contributed by atoms with Gasteiger partial charge in [-0.15, -0.1) is 11.8 Å². The molecule has 2 nitrogen and oxygen atoms in total. The molecule has 0 aromatic heterocycles. The fourth-order valence-electron chi connectivity index (χ4n) is 1.48. The van der Waals surface area contributed by atoms with Gasteiger partial charge in [0.2, 0.25) is 0 Å². The molecule has 0 atom stereocenters. The van der Waals surface area contributed by atoms with Gasteiger partial charge in [0.25, 0.3) is 0 Å². The van der Waals surface area contributed by atoms with Crippen LogP contribution in [0, 0.1) is 11.3 Å². The number of benzene rings is 2. The van der Waals surface area contributed by atoms with Gasteiger partial charge in [-0.25, -0.2) is 0 Å². The summed E-state index contributed by atoms with van der Waals surface area (Å²) in [5.41, 5.74) is 8.30. The first-order chi connectivity index (χ1) is 8.29. The molecule has 0 heterocycles. The summed E-state index contributed by atoms with van der Waals surface area (Å²) in [5, 5.41) is 8.84. The van der Waals surface area contributed by atoms with Crippen LogP contribution in [0.2, 0.25) is 0 Å². The van der Waals surface area contributed by atoms with Crippen LogP contribution in [0.25, 0.3) is 0 Å². The molecule has 0 fully saturated rings. The fourth-order valence-corrected chi connectivity index (χ4v) is 2.40. The van der Waals surface area contributed by atoms with Crippen molar-refractivity contribution < 1.29 is 0 Å². The molecule has 0 unspecified atom stereocenters. The van der Waals surface area contributed by atoms with Crippen LogP contribution >= 0.6 is 11.8 Å². The third-order valence-electron chi connectivity index (χ3n) is 2.41. The summed E-state index contributed by atoms with van der Waals surface area (Å²) < 4.78 is 0. The fraction of sp³-hybridized carbons (Fsp3) is 0.0714. The van der Waals surface area contributed by atoms with Crippen molar-refractivity contribution in [3.63, 3.8) is 0 Å².